The molecule has 0 spiro atoms. The number of fused-ring (bicyclic) bond motifs is 1. The Morgan fingerprint density at radius 2 is 1.97 bits per heavy atom. The van der Waals surface area contributed by atoms with Gasteiger partial charge >= 0.3 is 0 Å². The van der Waals surface area contributed by atoms with Crippen molar-refractivity contribution in [1.29, 1.82) is 0 Å². The minimum atomic E-state index is -0.578. The van der Waals surface area contributed by atoms with E-state index < -0.39 is 6.10 Å². The van der Waals surface area contributed by atoms with Crippen molar-refractivity contribution in [2.24, 2.45) is 0 Å². The molecule has 1 aromatic carbocycles. The Hall–Kier alpha value is -3.95. The van der Waals surface area contributed by atoms with Crippen LogP contribution in [0.4, 0.5) is 11.6 Å². The van der Waals surface area contributed by atoms with Crippen LogP contribution in [-0.4, -0.2) is 81.2 Å². The molecule has 1 fully saturated rings. The highest BCUT2D eigenvalue weighted by atomic mass is 16.5. The topological polar surface area (TPSA) is 107 Å². The molecule has 2 aliphatic rings. The lowest BCUT2D eigenvalue weighted by molar-refractivity contribution is 0.0224. The minimum absolute atomic E-state index is 0.0346. The number of H-pyrrole nitrogens is 1. The summed E-state index contributed by atoms with van der Waals surface area (Å²) in [6.07, 6.45) is 10.5. The van der Waals surface area contributed by atoms with Crippen molar-refractivity contribution in [2.75, 3.05) is 38.5 Å². The summed E-state index contributed by atoms with van der Waals surface area (Å²) in [6.45, 7) is 6.81. The fraction of sp³-hybridized carbons (Fsp3) is 0.367. The van der Waals surface area contributed by atoms with Gasteiger partial charge in [0.25, 0.3) is 5.91 Å². The molecule has 1 aliphatic carbocycles. The molecular formula is C30H36N6O3. The van der Waals surface area contributed by atoms with E-state index >= 15 is 0 Å². The third-order valence-electron chi connectivity index (χ3n) is 7.18. The maximum Gasteiger partial charge on any atom is 0.270 e. The van der Waals surface area contributed by atoms with Crippen molar-refractivity contribution in [1.82, 2.24) is 24.8 Å². The normalized spacial score (nSPS) is 18.1. The van der Waals surface area contributed by atoms with Gasteiger partial charge in [-0.05, 0) is 81.8 Å². The van der Waals surface area contributed by atoms with E-state index in [0.29, 0.717) is 17.4 Å². The van der Waals surface area contributed by atoms with E-state index in [1.807, 2.05) is 60.4 Å². The van der Waals surface area contributed by atoms with Crippen molar-refractivity contribution in [3.63, 3.8) is 0 Å². The maximum absolute atomic E-state index is 13.0. The number of aliphatic hydroxyl groups excluding tert-OH is 1. The maximum atomic E-state index is 13.0. The summed E-state index contributed by atoms with van der Waals surface area (Å²) in [6, 6.07) is 9.71. The Kier molecular flexibility index (Phi) is 8.09. The lowest BCUT2D eigenvalue weighted by atomic mass is 10.0. The van der Waals surface area contributed by atoms with Crippen molar-refractivity contribution < 1.29 is 14.6 Å². The number of ether oxygens (including phenoxy) is 1. The first kappa shape index (κ1) is 26.6. The number of piperazine rings is 1. The largest absolute Gasteiger partial charge is 0.488 e. The molecule has 0 radical (unpaired) electrons. The van der Waals surface area contributed by atoms with Gasteiger partial charge in [-0.2, -0.15) is 0 Å². The molecular weight excluding hydrogens is 492 g/mol. The van der Waals surface area contributed by atoms with Crippen molar-refractivity contribution in [3.8, 4) is 0 Å². The van der Waals surface area contributed by atoms with E-state index in [0.717, 1.165) is 66.9 Å². The number of likely N-dealkylation sites (N-methyl/N-ethyl adjacent to an activating group) is 1. The number of aromatic amines is 1. The van der Waals surface area contributed by atoms with Gasteiger partial charge in [0, 0.05) is 49.0 Å². The summed E-state index contributed by atoms with van der Waals surface area (Å²) in [5.74, 6) is 1.20. The first-order valence-electron chi connectivity index (χ1n) is 13.5. The van der Waals surface area contributed by atoms with Gasteiger partial charge in [-0.15, -0.1) is 0 Å². The quantitative estimate of drug-likeness (QED) is 0.415. The highest BCUT2D eigenvalue weighted by molar-refractivity contribution is 5.98. The number of amides is 1. The third-order valence-corrected chi connectivity index (χ3v) is 7.18. The van der Waals surface area contributed by atoms with E-state index in [4.69, 9.17) is 9.72 Å². The van der Waals surface area contributed by atoms with E-state index in [2.05, 4.69) is 33.3 Å². The summed E-state index contributed by atoms with van der Waals surface area (Å²) in [7, 11) is 2.08. The van der Waals surface area contributed by atoms with Crippen LogP contribution in [0.25, 0.3) is 16.5 Å². The molecule has 3 aromatic rings. The number of anilines is 2. The lowest BCUT2D eigenvalue weighted by Crippen LogP contribution is -2.47. The summed E-state index contributed by atoms with van der Waals surface area (Å²) < 4.78 is 5.96. The monoisotopic (exact) mass is 528 g/mol. The molecule has 1 aliphatic heterocycles. The molecule has 3 N–H and O–H groups in total. The number of carbonyl (C=O) groups excluding carboxylic acids is 1. The second-order valence-electron chi connectivity index (χ2n) is 10.2. The molecule has 1 amide bonds. The molecule has 2 atom stereocenters. The van der Waals surface area contributed by atoms with Gasteiger partial charge in [0.2, 0.25) is 5.95 Å². The van der Waals surface area contributed by atoms with E-state index in [1.54, 1.807) is 13.1 Å². The molecule has 1 saturated heterocycles. The number of hydrogen-bond donors (Lipinski definition) is 3. The number of carbonyl (C=O) groups is 1. The molecule has 9 heteroatoms. The van der Waals surface area contributed by atoms with Crippen molar-refractivity contribution in [2.45, 2.75) is 38.9 Å². The number of hydrogen-bond acceptors (Lipinski definition) is 7. The molecule has 0 saturated carbocycles. The van der Waals surface area contributed by atoms with Crippen LogP contribution in [0.2, 0.25) is 0 Å². The average molecular weight is 529 g/mol. The number of nitrogens with zero attached hydrogens (tertiary/aromatic N) is 4. The smallest absolute Gasteiger partial charge is 0.270 e. The number of aromatic nitrogens is 3. The molecule has 5 rings (SSSR count). The zero-order chi connectivity index (χ0) is 27.4. The summed E-state index contributed by atoms with van der Waals surface area (Å²) in [5.41, 5.74) is 4.19. The third kappa shape index (κ3) is 6.55. The molecule has 2 aromatic heterocycles. The fourth-order valence-electron chi connectivity index (χ4n) is 4.61. The number of rotatable bonds is 7. The van der Waals surface area contributed by atoms with E-state index in [-0.39, 0.29) is 12.0 Å². The van der Waals surface area contributed by atoms with Crippen LogP contribution in [-0.2, 0) is 4.74 Å². The van der Waals surface area contributed by atoms with Crippen LogP contribution in [0.15, 0.2) is 66.6 Å². The number of aliphatic hydroxyl groups is 1. The fourth-order valence-corrected chi connectivity index (χ4v) is 4.61. The zero-order valence-corrected chi connectivity index (χ0v) is 22.7. The van der Waals surface area contributed by atoms with Crippen LogP contribution in [0.1, 0.15) is 42.9 Å². The SMILES string of the molecule is CC(O)C(C)OC1=CC=CCCC(c2ccnc(Nc3ccc4[nH]c(C(=O)N5CCN(C)CC5)cc4c3)n2)=C1. The highest BCUT2D eigenvalue weighted by Crippen LogP contribution is 2.26. The van der Waals surface area contributed by atoms with Gasteiger partial charge in [0.15, 0.2) is 0 Å². The Morgan fingerprint density at radius 3 is 2.77 bits per heavy atom. The van der Waals surface area contributed by atoms with Crippen LogP contribution >= 0.6 is 0 Å². The molecule has 0 bridgehead atoms. The second kappa shape index (κ2) is 11.8. The van der Waals surface area contributed by atoms with E-state index in [1.165, 1.54) is 0 Å². The predicted octanol–water partition coefficient (Wildman–Crippen LogP) is 4.49. The van der Waals surface area contributed by atoms with Gasteiger partial charge in [-0.1, -0.05) is 12.2 Å². The van der Waals surface area contributed by atoms with Gasteiger partial charge in [0.1, 0.15) is 17.6 Å². The molecule has 3 heterocycles. The second-order valence-corrected chi connectivity index (χ2v) is 10.2. The number of benzene rings is 1. The van der Waals surface area contributed by atoms with Gasteiger partial charge in [-0.3, -0.25) is 4.79 Å². The van der Waals surface area contributed by atoms with Crippen LogP contribution in [0.5, 0.6) is 0 Å². The van der Waals surface area contributed by atoms with Crippen LogP contribution in [0.3, 0.4) is 0 Å². The molecule has 204 valence electrons. The Bertz CT molecular complexity index is 1420. The molecule has 39 heavy (non-hydrogen) atoms. The summed E-state index contributed by atoms with van der Waals surface area (Å²) >= 11 is 0. The Labute approximate surface area is 228 Å². The number of allylic oxidation sites excluding steroid dienone is 5. The lowest BCUT2D eigenvalue weighted by Gasteiger charge is -2.32. The first-order chi connectivity index (χ1) is 18.9. The van der Waals surface area contributed by atoms with Crippen LogP contribution in [0, 0.1) is 0 Å². The Balaban J connectivity index is 1.32. The average Bonchev–Trinajstić information content (AvgIpc) is 3.34. The zero-order valence-electron chi connectivity index (χ0n) is 22.7. The summed E-state index contributed by atoms with van der Waals surface area (Å²) in [5, 5.41) is 14.1. The molecule has 2 unspecified atom stereocenters. The van der Waals surface area contributed by atoms with E-state index in [9.17, 15) is 9.90 Å². The highest BCUT2D eigenvalue weighted by Gasteiger charge is 2.22. The Morgan fingerprint density at radius 1 is 1.15 bits per heavy atom. The van der Waals surface area contributed by atoms with Gasteiger partial charge in [-0.25, -0.2) is 9.97 Å². The van der Waals surface area contributed by atoms with Crippen molar-refractivity contribution in [3.05, 3.63) is 78.0 Å². The van der Waals surface area contributed by atoms with Crippen LogP contribution < -0.4 is 5.32 Å². The first-order valence-corrected chi connectivity index (χ1v) is 13.5. The standard InChI is InChI=1S/C30H36N6O3/c1-20(37)21(2)39-25-8-6-4-5-7-22(18-25)27-11-12-31-30(34-27)32-24-9-10-26-23(17-24)19-28(33-26)29(38)36-15-13-35(3)14-16-36/h4,6,8-12,17-21,33,37H,5,7,13-16H2,1-3H3,(H,31,32,34). The van der Waals surface area contributed by atoms with Crippen molar-refractivity contribution >= 4 is 34.0 Å². The van der Waals surface area contributed by atoms with Gasteiger partial charge < -0.3 is 29.9 Å². The summed E-state index contributed by atoms with van der Waals surface area (Å²) in [4.78, 5) is 29.6. The number of nitrogens with one attached hydrogen (secondary N) is 2. The minimum Gasteiger partial charge on any atom is -0.488 e. The molecule has 9 nitrogen and oxygen atoms in total. The van der Waals surface area contributed by atoms with Gasteiger partial charge in [0.05, 0.1) is 11.8 Å². The predicted molar refractivity (Wildman–Crippen MR) is 154 cm³/mol.